The molecule has 5 atom stereocenters. The molecule has 0 saturated carbocycles. The summed E-state index contributed by atoms with van der Waals surface area (Å²) in [5, 5.41) is 9.57. The molecule has 3 aromatic rings. The van der Waals surface area contributed by atoms with Gasteiger partial charge in [-0.15, -0.1) is 11.6 Å². The molecule has 0 bridgehead atoms. The van der Waals surface area contributed by atoms with E-state index < -0.39 is 47.9 Å². The summed E-state index contributed by atoms with van der Waals surface area (Å²) >= 11 is 6.60. The molecule has 0 aromatic heterocycles. The Hall–Kier alpha value is -3.72. The summed E-state index contributed by atoms with van der Waals surface area (Å²) in [6, 6.07) is 24.6. The average Bonchev–Trinajstić information content (AvgIpc) is 2.92. The first-order valence-corrected chi connectivity index (χ1v) is 11.6. The van der Waals surface area contributed by atoms with Crippen molar-refractivity contribution >= 4 is 29.5 Å². The van der Waals surface area contributed by atoms with Crippen molar-refractivity contribution in [3.05, 3.63) is 108 Å². The number of hydrogen-bond donors (Lipinski definition) is 1. The fourth-order valence-corrected chi connectivity index (χ4v) is 3.95. The van der Waals surface area contributed by atoms with E-state index in [9.17, 15) is 19.5 Å². The SMILES string of the molecule is O=C(OC[C@@H]1O[C@H](O)[C@@H](OC(=O)c2ccccc2)[C@@H](OC(=O)c2ccccc2)[C@@H]1Cl)c1ccccc1. The number of benzene rings is 3. The minimum Gasteiger partial charge on any atom is -0.459 e. The van der Waals surface area contributed by atoms with E-state index in [4.69, 9.17) is 30.5 Å². The Labute approximate surface area is 212 Å². The first-order chi connectivity index (χ1) is 17.4. The third-order valence-corrected chi connectivity index (χ3v) is 6.01. The summed E-state index contributed by atoms with van der Waals surface area (Å²) in [7, 11) is 0. The lowest BCUT2D eigenvalue weighted by Gasteiger charge is -2.41. The highest BCUT2D eigenvalue weighted by Crippen LogP contribution is 2.30. The molecule has 0 radical (unpaired) electrons. The molecule has 1 heterocycles. The standard InChI is InChI=1S/C27H23ClO8/c28-21-20(16-33-24(29)17-10-4-1-5-11-17)34-27(32)23(36-26(31)19-14-8-3-9-15-19)22(21)35-25(30)18-12-6-2-7-13-18/h1-15,20-23,27,32H,16H2/t20-,21+,22-,23-,27-/m0/s1. The Morgan fingerprint density at radius 2 is 1.11 bits per heavy atom. The Morgan fingerprint density at radius 1 is 0.694 bits per heavy atom. The highest BCUT2D eigenvalue weighted by molar-refractivity contribution is 6.21. The average molecular weight is 511 g/mol. The van der Waals surface area contributed by atoms with Gasteiger partial charge < -0.3 is 24.1 Å². The van der Waals surface area contributed by atoms with E-state index in [0.29, 0.717) is 5.56 Å². The van der Waals surface area contributed by atoms with Gasteiger partial charge in [0, 0.05) is 0 Å². The maximum absolute atomic E-state index is 12.8. The number of carbonyl (C=O) groups excluding carboxylic acids is 3. The van der Waals surface area contributed by atoms with Crippen LogP contribution in [0, 0.1) is 0 Å². The summed E-state index contributed by atoms with van der Waals surface area (Å²) in [6.45, 7) is -0.336. The van der Waals surface area contributed by atoms with Gasteiger partial charge in [0.15, 0.2) is 18.5 Å². The molecule has 0 unspecified atom stereocenters. The molecule has 1 aliphatic rings. The molecule has 186 valence electrons. The van der Waals surface area contributed by atoms with E-state index in [1.54, 1.807) is 78.9 Å². The van der Waals surface area contributed by atoms with Gasteiger partial charge in [-0.3, -0.25) is 0 Å². The van der Waals surface area contributed by atoms with Crippen LogP contribution in [0.5, 0.6) is 0 Å². The van der Waals surface area contributed by atoms with Crippen molar-refractivity contribution in [2.24, 2.45) is 0 Å². The Bertz CT molecular complexity index is 1170. The molecule has 8 nitrogen and oxygen atoms in total. The normalized spacial score (nSPS) is 23.3. The van der Waals surface area contributed by atoms with Crippen molar-refractivity contribution in [1.82, 2.24) is 0 Å². The van der Waals surface area contributed by atoms with Gasteiger partial charge >= 0.3 is 17.9 Å². The molecule has 1 aliphatic heterocycles. The Morgan fingerprint density at radius 3 is 1.58 bits per heavy atom. The van der Waals surface area contributed by atoms with Crippen LogP contribution in [0.3, 0.4) is 0 Å². The Balaban J connectivity index is 1.52. The fraction of sp³-hybridized carbons (Fsp3) is 0.222. The maximum atomic E-state index is 12.8. The molecule has 1 N–H and O–H groups in total. The first kappa shape index (κ1) is 25.4. The van der Waals surface area contributed by atoms with E-state index in [1.807, 2.05) is 0 Å². The number of aliphatic hydroxyl groups excluding tert-OH is 1. The minimum absolute atomic E-state index is 0.225. The highest BCUT2D eigenvalue weighted by Gasteiger charge is 2.49. The van der Waals surface area contributed by atoms with Gasteiger partial charge in [-0.2, -0.15) is 0 Å². The van der Waals surface area contributed by atoms with Crippen LogP contribution in [0.1, 0.15) is 31.1 Å². The summed E-state index contributed by atoms with van der Waals surface area (Å²) in [5.74, 6) is -2.11. The van der Waals surface area contributed by atoms with Gasteiger partial charge in [0.25, 0.3) is 0 Å². The van der Waals surface area contributed by atoms with Gasteiger partial charge in [0.05, 0.1) is 16.7 Å². The van der Waals surface area contributed by atoms with Gasteiger partial charge in [-0.1, -0.05) is 54.6 Å². The molecule has 3 aromatic carbocycles. The van der Waals surface area contributed by atoms with Crippen LogP contribution in [0.4, 0.5) is 0 Å². The monoisotopic (exact) mass is 510 g/mol. The molecular formula is C27H23ClO8. The number of aliphatic hydroxyl groups is 1. The lowest BCUT2D eigenvalue weighted by atomic mass is 10.0. The number of rotatable bonds is 7. The second-order valence-corrected chi connectivity index (χ2v) is 8.45. The van der Waals surface area contributed by atoms with Gasteiger partial charge in [-0.05, 0) is 36.4 Å². The maximum Gasteiger partial charge on any atom is 0.338 e. The fourth-order valence-electron chi connectivity index (χ4n) is 3.62. The number of esters is 3. The number of halogens is 1. The van der Waals surface area contributed by atoms with Crippen molar-refractivity contribution < 1.29 is 38.4 Å². The molecule has 1 fully saturated rings. The van der Waals surface area contributed by atoms with Crippen molar-refractivity contribution in [3.8, 4) is 0 Å². The third kappa shape index (κ3) is 6.09. The van der Waals surface area contributed by atoms with Crippen molar-refractivity contribution in [1.29, 1.82) is 0 Å². The first-order valence-electron chi connectivity index (χ1n) is 11.2. The van der Waals surface area contributed by atoms with Crippen LogP contribution < -0.4 is 0 Å². The van der Waals surface area contributed by atoms with Gasteiger partial charge in [0.1, 0.15) is 18.1 Å². The number of hydrogen-bond acceptors (Lipinski definition) is 8. The van der Waals surface area contributed by atoms with Crippen molar-refractivity contribution in [2.75, 3.05) is 6.61 Å². The van der Waals surface area contributed by atoms with Crippen LogP contribution in [-0.4, -0.2) is 59.6 Å². The van der Waals surface area contributed by atoms with Crippen LogP contribution >= 0.6 is 11.6 Å². The van der Waals surface area contributed by atoms with E-state index in [1.165, 1.54) is 12.1 Å². The molecule has 9 heteroatoms. The molecular weight excluding hydrogens is 488 g/mol. The second kappa shape index (κ2) is 11.8. The summed E-state index contributed by atoms with van der Waals surface area (Å²) in [5.41, 5.74) is 0.784. The molecule has 0 aliphatic carbocycles. The lowest BCUT2D eigenvalue weighted by Crippen LogP contribution is -2.59. The topological polar surface area (TPSA) is 108 Å². The molecule has 4 rings (SSSR count). The minimum atomic E-state index is -1.71. The van der Waals surface area contributed by atoms with Gasteiger partial charge in [-0.25, -0.2) is 14.4 Å². The zero-order valence-corrected chi connectivity index (χ0v) is 19.7. The smallest absolute Gasteiger partial charge is 0.338 e. The van der Waals surface area contributed by atoms with Gasteiger partial charge in [0.2, 0.25) is 0 Å². The van der Waals surface area contributed by atoms with E-state index in [0.717, 1.165) is 0 Å². The van der Waals surface area contributed by atoms with E-state index in [-0.39, 0.29) is 17.7 Å². The molecule has 0 amide bonds. The predicted molar refractivity (Wildman–Crippen MR) is 129 cm³/mol. The zero-order chi connectivity index (χ0) is 25.5. The van der Waals surface area contributed by atoms with E-state index in [2.05, 4.69) is 0 Å². The second-order valence-electron chi connectivity index (χ2n) is 7.95. The third-order valence-electron chi connectivity index (χ3n) is 5.48. The van der Waals surface area contributed by atoms with Crippen molar-refractivity contribution in [3.63, 3.8) is 0 Å². The van der Waals surface area contributed by atoms with Crippen LogP contribution in [0.25, 0.3) is 0 Å². The van der Waals surface area contributed by atoms with E-state index >= 15 is 0 Å². The quantitative estimate of drug-likeness (QED) is 0.292. The van der Waals surface area contributed by atoms with Crippen LogP contribution in [0.2, 0.25) is 0 Å². The largest absolute Gasteiger partial charge is 0.459 e. The molecule has 1 saturated heterocycles. The number of ether oxygens (including phenoxy) is 4. The van der Waals surface area contributed by atoms with Crippen LogP contribution in [-0.2, 0) is 18.9 Å². The molecule has 36 heavy (non-hydrogen) atoms. The lowest BCUT2D eigenvalue weighted by molar-refractivity contribution is -0.248. The summed E-state index contributed by atoms with van der Waals surface area (Å²) in [4.78, 5) is 37.8. The summed E-state index contributed by atoms with van der Waals surface area (Å²) < 4.78 is 21.9. The highest BCUT2D eigenvalue weighted by atomic mass is 35.5. The van der Waals surface area contributed by atoms with Crippen molar-refractivity contribution in [2.45, 2.75) is 30.0 Å². The van der Waals surface area contributed by atoms with Crippen LogP contribution in [0.15, 0.2) is 91.0 Å². The predicted octanol–water partition coefficient (Wildman–Crippen LogP) is 3.62. The Kier molecular flexibility index (Phi) is 8.32. The zero-order valence-electron chi connectivity index (χ0n) is 18.9. The molecule has 0 spiro atoms. The summed E-state index contributed by atoms with van der Waals surface area (Å²) in [6.07, 6.45) is -5.51. The number of carbonyl (C=O) groups is 3. The number of alkyl halides is 1.